The first kappa shape index (κ1) is 31.1. The third kappa shape index (κ3) is 10.8. The highest BCUT2D eigenvalue weighted by Crippen LogP contribution is 2.11. The Morgan fingerprint density at radius 1 is 0.882 bits per heavy atom. The molecule has 0 rings (SSSR count). The van der Waals surface area contributed by atoms with Gasteiger partial charge in [0.25, 0.3) is 0 Å². The number of carbonyl (C=O) groups excluding carboxylic acids is 3. The molecule has 0 saturated heterocycles. The number of aliphatic imine (C=N–C) groups is 1. The Hall–Kier alpha value is -2.93. The van der Waals surface area contributed by atoms with Crippen LogP contribution in [0.1, 0.15) is 53.4 Å². The number of aliphatic carboxylic acids is 1. The van der Waals surface area contributed by atoms with Crippen LogP contribution in [-0.2, 0) is 19.2 Å². The van der Waals surface area contributed by atoms with Crippen LogP contribution in [0.3, 0.4) is 0 Å². The van der Waals surface area contributed by atoms with Crippen LogP contribution in [-0.4, -0.2) is 77.2 Å². The lowest BCUT2D eigenvalue weighted by Crippen LogP contribution is -2.59. The first-order valence-corrected chi connectivity index (χ1v) is 11.4. The summed E-state index contributed by atoms with van der Waals surface area (Å²) in [6.07, 6.45) is 1.70. The molecule has 0 aliphatic heterocycles. The highest BCUT2D eigenvalue weighted by molar-refractivity contribution is 5.94. The van der Waals surface area contributed by atoms with Gasteiger partial charge in [-0.15, -0.1) is 0 Å². The minimum atomic E-state index is -1.51. The van der Waals surface area contributed by atoms with Crippen molar-refractivity contribution in [1.82, 2.24) is 16.0 Å². The Labute approximate surface area is 200 Å². The van der Waals surface area contributed by atoms with Crippen LogP contribution in [0.15, 0.2) is 4.99 Å². The number of guanidine groups is 1. The van der Waals surface area contributed by atoms with Crippen LogP contribution in [0, 0.1) is 11.8 Å². The molecule has 0 radical (unpaired) electrons. The summed E-state index contributed by atoms with van der Waals surface area (Å²) in [5, 5.41) is 25.8. The van der Waals surface area contributed by atoms with E-state index in [0.29, 0.717) is 19.3 Å². The van der Waals surface area contributed by atoms with Gasteiger partial charge >= 0.3 is 5.97 Å². The molecule has 0 spiro atoms. The molecule has 0 aliphatic carbocycles. The number of carboxylic acid groups (broad SMARTS) is 1. The van der Waals surface area contributed by atoms with Crippen LogP contribution in [0.2, 0.25) is 0 Å². The zero-order valence-electron chi connectivity index (χ0n) is 20.4. The van der Waals surface area contributed by atoms with Crippen LogP contribution >= 0.6 is 0 Å². The second-order valence-electron chi connectivity index (χ2n) is 8.38. The number of hydrogen-bond donors (Lipinski definition) is 8. The van der Waals surface area contributed by atoms with Crippen LogP contribution in [0.5, 0.6) is 0 Å². The zero-order chi connectivity index (χ0) is 26.4. The van der Waals surface area contributed by atoms with Crippen molar-refractivity contribution in [2.24, 2.45) is 34.0 Å². The van der Waals surface area contributed by atoms with E-state index in [-0.39, 0.29) is 30.8 Å². The standard InChI is InChI=1S/C21H41N7O6/c1-5-11(3)15(22)18(31)26-13(8-7-9-25-21(23)24)17(30)28-16(12(4)6-2)19(32)27-14(10-29)20(33)34/h11-16,29H,5-10,22H2,1-4H3,(H,26,31)(H,27,32)(H,28,30)(H,33,34)(H4,23,24,25). The van der Waals surface area contributed by atoms with Gasteiger partial charge < -0.3 is 43.4 Å². The smallest absolute Gasteiger partial charge is 0.328 e. The van der Waals surface area contributed by atoms with E-state index in [1.54, 1.807) is 13.8 Å². The molecule has 196 valence electrons. The monoisotopic (exact) mass is 487 g/mol. The molecule has 0 saturated carbocycles. The Bertz CT molecular complexity index is 714. The van der Waals surface area contributed by atoms with Gasteiger partial charge in [-0.1, -0.05) is 40.5 Å². The van der Waals surface area contributed by atoms with Crippen molar-refractivity contribution in [3.8, 4) is 0 Å². The van der Waals surface area contributed by atoms with E-state index in [2.05, 4.69) is 20.9 Å². The number of aliphatic hydroxyl groups excluding tert-OH is 1. The highest BCUT2D eigenvalue weighted by atomic mass is 16.4. The summed E-state index contributed by atoms with van der Waals surface area (Å²) in [5.74, 6) is -3.89. The fourth-order valence-corrected chi connectivity index (χ4v) is 2.96. The maximum Gasteiger partial charge on any atom is 0.328 e. The summed E-state index contributed by atoms with van der Waals surface area (Å²) in [6.45, 7) is 6.65. The molecule has 0 heterocycles. The van der Waals surface area contributed by atoms with E-state index in [1.165, 1.54) is 0 Å². The minimum absolute atomic E-state index is 0.103. The number of rotatable bonds is 16. The van der Waals surface area contributed by atoms with Crippen LogP contribution in [0.25, 0.3) is 0 Å². The fraction of sp³-hybridized carbons (Fsp3) is 0.762. The highest BCUT2D eigenvalue weighted by Gasteiger charge is 2.32. The lowest BCUT2D eigenvalue weighted by atomic mass is 9.96. The number of amides is 3. The van der Waals surface area contributed by atoms with Gasteiger partial charge in [-0.2, -0.15) is 0 Å². The summed E-state index contributed by atoms with van der Waals surface area (Å²) in [7, 11) is 0. The first-order valence-electron chi connectivity index (χ1n) is 11.4. The average molecular weight is 488 g/mol. The number of nitrogens with two attached hydrogens (primary N) is 3. The van der Waals surface area contributed by atoms with Gasteiger partial charge in [-0.3, -0.25) is 19.4 Å². The van der Waals surface area contributed by atoms with Gasteiger partial charge in [0.2, 0.25) is 17.7 Å². The minimum Gasteiger partial charge on any atom is -0.480 e. The van der Waals surface area contributed by atoms with E-state index in [4.69, 9.17) is 22.3 Å². The molecule has 6 atom stereocenters. The molecule has 6 unspecified atom stereocenters. The number of nitrogens with zero attached hydrogens (tertiary/aromatic N) is 1. The molecule has 11 N–H and O–H groups in total. The molecule has 13 nitrogen and oxygen atoms in total. The van der Waals surface area contributed by atoms with Gasteiger partial charge in [0, 0.05) is 6.54 Å². The quantitative estimate of drug-likeness (QED) is 0.0681. The Balaban J connectivity index is 5.61. The van der Waals surface area contributed by atoms with Crippen molar-refractivity contribution in [3.05, 3.63) is 0 Å². The maximum absolute atomic E-state index is 13.1. The summed E-state index contributed by atoms with van der Waals surface area (Å²) in [4.78, 5) is 53.5. The van der Waals surface area contributed by atoms with E-state index in [9.17, 15) is 24.3 Å². The molecular weight excluding hydrogens is 446 g/mol. The summed E-state index contributed by atoms with van der Waals surface area (Å²) in [5.41, 5.74) is 16.6. The number of carbonyl (C=O) groups is 4. The summed E-state index contributed by atoms with van der Waals surface area (Å²) < 4.78 is 0. The maximum atomic E-state index is 13.1. The second kappa shape index (κ2) is 15.8. The number of hydrogen-bond acceptors (Lipinski definition) is 7. The molecule has 0 aromatic rings. The topological polar surface area (TPSA) is 235 Å². The second-order valence-corrected chi connectivity index (χ2v) is 8.38. The van der Waals surface area contributed by atoms with E-state index in [0.717, 1.165) is 0 Å². The van der Waals surface area contributed by atoms with Gasteiger partial charge in [0.1, 0.15) is 18.1 Å². The summed E-state index contributed by atoms with van der Waals surface area (Å²) >= 11 is 0. The SMILES string of the molecule is CCC(C)C(N)C(=O)NC(CCCN=C(N)N)C(=O)NC(C(=O)NC(CO)C(=O)O)C(C)CC. The van der Waals surface area contributed by atoms with E-state index in [1.807, 2.05) is 13.8 Å². The Kier molecular flexibility index (Phi) is 14.5. The average Bonchev–Trinajstić information content (AvgIpc) is 2.80. The third-order valence-corrected chi connectivity index (χ3v) is 5.73. The number of carboxylic acids is 1. The van der Waals surface area contributed by atoms with Crippen LogP contribution < -0.4 is 33.2 Å². The molecular formula is C21H41N7O6. The van der Waals surface area contributed by atoms with Crippen molar-refractivity contribution in [2.75, 3.05) is 13.2 Å². The number of aliphatic hydroxyl groups is 1. The Morgan fingerprint density at radius 3 is 1.91 bits per heavy atom. The number of nitrogens with one attached hydrogen (secondary N) is 3. The Morgan fingerprint density at radius 2 is 1.44 bits per heavy atom. The summed E-state index contributed by atoms with van der Waals surface area (Å²) in [6, 6.07) is -4.46. The van der Waals surface area contributed by atoms with Crippen molar-refractivity contribution >= 4 is 29.7 Å². The van der Waals surface area contributed by atoms with Crippen molar-refractivity contribution in [1.29, 1.82) is 0 Å². The molecule has 34 heavy (non-hydrogen) atoms. The van der Waals surface area contributed by atoms with E-state index < -0.39 is 54.5 Å². The zero-order valence-corrected chi connectivity index (χ0v) is 20.4. The van der Waals surface area contributed by atoms with E-state index >= 15 is 0 Å². The van der Waals surface area contributed by atoms with Crippen molar-refractivity contribution in [3.63, 3.8) is 0 Å². The lowest BCUT2D eigenvalue weighted by molar-refractivity contribution is -0.143. The molecule has 13 heteroatoms. The molecule has 0 aromatic carbocycles. The van der Waals surface area contributed by atoms with Gasteiger partial charge in [-0.05, 0) is 24.7 Å². The molecule has 0 aliphatic rings. The molecule has 0 aromatic heterocycles. The molecule has 3 amide bonds. The van der Waals surface area contributed by atoms with Crippen LogP contribution in [0.4, 0.5) is 0 Å². The third-order valence-electron chi connectivity index (χ3n) is 5.73. The largest absolute Gasteiger partial charge is 0.480 e. The predicted octanol–water partition coefficient (Wildman–Crippen LogP) is -2.01. The lowest BCUT2D eigenvalue weighted by Gasteiger charge is -2.28. The van der Waals surface area contributed by atoms with Gasteiger partial charge in [0.05, 0.1) is 12.6 Å². The van der Waals surface area contributed by atoms with Gasteiger partial charge in [-0.25, -0.2) is 4.79 Å². The van der Waals surface area contributed by atoms with Gasteiger partial charge in [0.15, 0.2) is 5.96 Å². The van der Waals surface area contributed by atoms with Crippen molar-refractivity contribution in [2.45, 2.75) is 77.5 Å². The fourth-order valence-electron chi connectivity index (χ4n) is 2.96. The first-order chi connectivity index (χ1) is 15.9. The predicted molar refractivity (Wildman–Crippen MR) is 127 cm³/mol. The normalized spacial score (nSPS) is 16.2. The molecule has 0 fully saturated rings. The molecule has 0 bridgehead atoms. The van der Waals surface area contributed by atoms with Crippen molar-refractivity contribution < 1.29 is 29.4 Å².